The first-order valence-electron chi connectivity index (χ1n) is 13.1. The number of hydrogen-bond donors (Lipinski definition) is 1. The Hall–Kier alpha value is -3.05. The normalized spacial score (nSPS) is 18.3. The molecule has 3 aromatic rings. The second kappa shape index (κ2) is 10.3. The van der Waals surface area contributed by atoms with Gasteiger partial charge in [0.1, 0.15) is 17.0 Å². The van der Waals surface area contributed by atoms with Crippen LogP contribution < -0.4 is 14.8 Å². The van der Waals surface area contributed by atoms with E-state index in [2.05, 4.69) is 66.5 Å². The van der Waals surface area contributed by atoms with Gasteiger partial charge in [-0.3, -0.25) is 4.90 Å². The van der Waals surface area contributed by atoms with Crippen molar-refractivity contribution in [2.45, 2.75) is 64.6 Å². The number of nitrogens with one attached hydrogen (secondary N) is 1. The van der Waals surface area contributed by atoms with Gasteiger partial charge in [0.15, 0.2) is 5.72 Å². The van der Waals surface area contributed by atoms with E-state index in [9.17, 15) is 0 Å². The number of benzene rings is 2. The quantitative estimate of drug-likeness (QED) is 0.409. The maximum atomic E-state index is 6.67. The van der Waals surface area contributed by atoms with Gasteiger partial charge in [-0.1, -0.05) is 50.6 Å². The maximum absolute atomic E-state index is 6.67. The molecule has 0 radical (unpaired) electrons. The number of hydrogen-bond acceptors (Lipinski definition) is 5. The topological polar surface area (TPSA) is 46.6 Å². The van der Waals surface area contributed by atoms with Gasteiger partial charge in [-0.25, -0.2) is 4.98 Å². The molecule has 1 fully saturated rings. The molecule has 5 nitrogen and oxygen atoms in total. The number of rotatable bonds is 7. The summed E-state index contributed by atoms with van der Waals surface area (Å²) in [5.41, 5.74) is 5.47. The highest BCUT2D eigenvalue weighted by Gasteiger charge is 2.41. The number of methoxy groups -OCH3 is 1. The van der Waals surface area contributed by atoms with Gasteiger partial charge >= 0.3 is 0 Å². The monoisotopic (exact) mass is 471 g/mol. The number of unbranched alkanes of at least 4 members (excludes halogenated alkanes) is 2. The minimum absolute atomic E-state index is 0.338. The van der Waals surface area contributed by atoms with E-state index in [1.165, 1.54) is 29.7 Å². The molecule has 2 aliphatic rings. The SMILES string of the molecule is CCCC/C=C1\NC2(CCN(Cc3ccc4cccc(OC)c4n3)CC2)Oc2ccc(CC)cc21. The largest absolute Gasteiger partial charge is 0.494 e. The van der Waals surface area contributed by atoms with Crippen molar-refractivity contribution >= 4 is 16.6 Å². The second-order valence-corrected chi connectivity index (χ2v) is 9.78. The predicted molar refractivity (Wildman–Crippen MR) is 143 cm³/mol. The van der Waals surface area contributed by atoms with Gasteiger partial charge in [0, 0.05) is 49.1 Å². The van der Waals surface area contributed by atoms with Crippen LogP contribution in [0.25, 0.3) is 16.6 Å². The lowest BCUT2D eigenvalue weighted by Crippen LogP contribution is -2.58. The summed E-state index contributed by atoms with van der Waals surface area (Å²) in [5, 5.41) is 4.95. The van der Waals surface area contributed by atoms with Crippen LogP contribution in [0.5, 0.6) is 11.5 Å². The Bertz CT molecular complexity index is 1210. The number of nitrogens with zero attached hydrogens (tertiary/aromatic N) is 2. The van der Waals surface area contributed by atoms with Crippen LogP contribution in [0.2, 0.25) is 0 Å². The third kappa shape index (κ3) is 5.01. The van der Waals surface area contributed by atoms with E-state index in [1.54, 1.807) is 7.11 Å². The molecule has 1 saturated heterocycles. The fraction of sp³-hybridized carbons (Fsp3) is 0.433. The Balaban J connectivity index is 1.31. The van der Waals surface area contributed by atoms with Crippen LogP contribution >= 0.6 is 0 Å². The summed E-state index contributed by atoms with van der Waals surface area (Å²) in [6, 6.07) is 17.0. The molecule has 2 aromatic carbocycles. The van der Waals surface area contributed by atoms with Crippen LogP contribution in [-0.4, -0.2) is 35.8 Å². The van der Waals surface area contributed by atoms with Crippen molar-refractivity contribution in [2.24, 2.45) is 0 Å². The van der Waals surface area contributed by atoms with Gasteiger partial charge in [0.05, 0.1) is 12.8 Å². The Labute approximate surface area is 209 Å². The highest BCUT2D eigenvalue weighted by molar-refractivity contribution is 5.84. The molecule has 5 heteroatoms. The number of ether oxygens (including phenoxy) is 2. The lowest BCUT2D eigenvalue weighted by Gasteiger charge is -2.46. The number of aromatic nitrogens is 1. The summed E-state index contributed by atoms with van der Waals surface area (Å²) in [5.74, 6) is 1.84. The molecule has 35 heavy (non-hydrogen) atoms. The smallest absolute Gasteiger partial charge is 0.183 e. The molecular formula is C30H37N3O2. The maximum Gasteiger partial charge on any atom is 0.183 e. The van der Waals surface area contributed by atoms with Crippen molar-refractivity contribution in [3.8, 4) is 11.5 Å². The van der Waals surface area contributed by atoms with E-state index < -0.39 is 0 Å². The standard InChI is InChI=1S/C30H37N3O2/c1-4-6-7-10-26-25-20-22(5-2)12-15-27(25)35-30(32-26)16-18-33(19-17-30)21-24-14-13-23-9-8-11-28(34-3)29(23)31-24/h8-15,20,32H,4-7,16-19,21H2,1-3H3/b26-10-. The zero-order chi connectivity index (χ0) is 24.3. The number of pyridine rings is 1. The first kappa shape index (κ1) is 23.7. The third-order valence-electron chi connectivity index (χ3n) is 7.33. The molecule has 2 aliphatic heterocycles. The lowest BCUT2D eigenvalue weighted by atomic mass is 9.94. The van der Waals surface area contributed by atoms with Crippen LogP contribution in [-0.2, 0) is 13.0 Å². The van der Waals surface area contributed by atoms with Crippen LogP contribution in [0, 0.1) is 0 Å². The van der Waals surface area contributed by atoms with Crippen LogP contribution in [0.3, 0.4) is 0 Å². The summed E-state index contributed by atoms with van der Waals surface area (Å²) in [6.07, 6.45) is 8.78. The van der Waals surface area contributed by atoms with Crippen LogP contribution in [0.4, 0.5) is 0 Å². The number of likely N-dealkylation sites (tertiary alicyclic amines) is 1. The molecular weight excluding hydrogens is 434 g/mol. The van der Waals surface area contributed by atoms with Gasteiger partial charge in [0.25, 0.3) is 0 Å². The summed E-state index contributed by atoms with van der Waals surface area (Å²) < 4.78 is 12.2. The van der Waals surface area contributed by atoms with Crippen molar-refractivity contribution in [1.29, 1.82) is 0 Å². The van der Waals surface area contributed by atoms with Crippen LogP contribution in [0.15, 0.2) is 54.6 Å². The van der Waals surface area contributed by atoms with E-state index in [4.69, 9.17) is 14.5 Å². The molecule has 1 aromatic heterocycles. The summed E-state index contributed by atoms with van der Waals surface area (Å²) in [6.45, 7) is 7.21. The fourth-order valence-electron chi connectivity index (χ4n) is 5.20. The Morgan fingerprint density at radius 2 is 1.97 bits per heavy atom. The zero-order valence-electron chi connectivity index (χ0n) is 21.3. The molecule has 0 aliphatic carbocycles. The number of piperidine rings is 1. The molecule has 1 spiro atoms. The number of aryl methyl sites for hydroxylation is 1. The van der Waals surface area contributed by atoms with Gasteiger partial charge in [-0.2, -0.15) is 0 Å². The molecule has 1 N–H and O–H groups in total. The van der Waals surface area contributed by atoms with Gasteiger partial charge in [-0.15, -0.1) is 0 Å². The minimum Gasteiger partial charge on any atom is -0.494 e. The Morgan fingerprint density at radius 3 is 2.74 bits per heavy atom. The van der Waals surface area contributed by atoms with Crippen molar-refractivity contribution in [3.05, 3.63) is 71.4 Å². The fourth-order valence-corrected chi connectivity index (χ4v) is 5.20. The molecule has 0 amide bonds. The third-order valence-corrected chi connectivity index (χ3v) is 7.33. The van der Waals surface area contributed by atoms with Crippen molar-refractivity contribution in [1.82, 2.24) is 15.2 Å². The van der Waals surface area contributed by atoms with E-state index in [1.807, 2.05) is 12.1 Å². The Kier molecular flexibility index (Phi) is 6.96. The second-order valence-electron chi connectivity index (χ2n) is 9.78. The average molecular weight is 472 g/mol. The number of allylic oxidation sites excluding steroid dienone is 1. The van der Waals surface area contributed by atoms with Gasteiger partial charge in [0.2, 0.25) is 0 Å². The number of fused-ring (bicyclic) bond motifs is 2. The van der Waals surface area contributed by atoms with Crippen molar-refractivity contribution in [2.75, 3.05) is 20.2 Å². The van der Waals surface area contributed by atoms with Crippen molar-refractivity contribution < 1.29 is 9.47 Å². The summed E-state index contributed by atoms with van der Waals surface area (Å²) >= 11 is 0. The van der Waals surface area contributed by atoms with Gasteiger partial charge < -0.3 is 14.8 Å². The predicted octanol–water partition coefficient (Wildman–Crippen LogP) is 6.31. The first-order chi connectivity index (χ1) is 17.1. The van der Waals surface area contributed by atoms with E-state index >= 15 is 0 Å². The van der Waals surface area contributed by atoms with Crippen molar-refractivity contribution in [3.63, 3.8) is 0 Å². The number of para-hydroxylation sites is 1. The highest BCUT2D eigenvalue weighted by atomic mass is 16.5. The Morgan fingerprint density at radius 1 is 1.11 bits per heavy atom. The molecule has 0 atom stereocenters. The molecule has 5 rings (SSSR count). The van der Waals surface area contributed by atoms with E-state index in [-0.39, 0.29) is 5.72 Å². The zero-order valence-corrected chi connectivity index (χ0v) is 21.3. The summed E-state index contributed by atoms with van der Waals surface area (Å²) in [7, 11) is 1.70. The summed E-state index contributed by atoms with van der Waals surface area (Å²) in [4.78, 5) is 7.40. The lowest BCUT2D eigenvalue weighted by molar-refractivity contribution is -0.0209. The van der Waals surface area contributed by atoms with E-state index in [0.29, 0.717) is 0 Å². The molecule has 184 valence electrons. The molecule has 0 unspecified atom stereocenters. The molecule has 3 heterocycles. The average Bonchev–Trinajstić information content (AvgIpc) is 2.89. The minimum atomic E-state index is -0.338. The molecule has 0 saturated carbocycles. The molecule has 0 bridgehead atoms. The first-order valence-corrected chi connectivity index (χ1v) is 13.1. The van der Waals surface area contributed by atoms with Gasteiger partial charge in [-0.05, 0) is 49.1 Å². The highest BCUT2D eigenvalue weighted by Crippen LogP contribution is 2.39. The van der Waals surface area contributed by atoms with E-state index in [0.717, 1.165) is 73.4 Å². The van der Waals surface area contributed by atoms with Crippen LogP contribution in [0.1, 0.15) is 62.8 Å².